The topological polar surface area (TPSA) is 85.2 Å². The number of ether oxygens (including phenoxy) is 1. The van der Waals surface area contributed by atoms with Crippen molar-refractivity contribution in [3.8, 4) is 5.75 Å². The maximum atomic E-state index is 13.0. The van der Waals surface area contributed by atoms with E-state index in [-0.39, 0.29) is 31.0 Å². The average Bonchev–Trinajstić information content (AvgIpc) is 3.59. The summed E-state index contributed by atoms with van der Waals surface area (Å²) in [5.74, 6) is 1.08. The molecule has 1 heterocycles. The van der Waals surface area contributed by atoms with Crippen LogP contribution < -0.4 is 15.4 Å². The Morgan fingerprint density at radius 3 is 2.62 bits per heavy atom. The van der Waals surface area contributed by atoms with Gasteiger partial charge in [-0.15, -0.1) is 0 Å². The van der Waals surface area contributed by atoms with Crippen molar-refractivity contribution in [3.05, 3.63) is 89.7 Å². The van der Waals surface area contributed by atoms with Gasteiger partial charge in [0.1, 0.15) is 24.7 Å². The van der Waals surface area contributed by atoms with Crippen molar-refractivity contribution >= 4 is 28.5 Å². The standard InChI is InChI=1S/C27H26N4O3/c1-18-9-13-22(14-10-18)34-17-25-30-23-7-2-3-8-24(23)31(25)16-26(32)28-21-6-4-5-19(15-21)27(33)29-20-11-12-20/h2-10,13-15,20H,11-12,16-17H2,1H3,(H,28,32)(H,29,33). The van der Waals surface area contributed by atoms with E-state index in [2.05, 4.69) is 15.6 Å². The number of hydrogen-bond acceptors (Lipinski definition) is 4. The quantitative estimate of drug-likeness (QED) is 0.412. The number of aryl methyl sites for hydroxylation is 1. The number of anilines is 1. The minimum absolute atomic E-state index is 0.0750. The maximum absolute atomic E-state index is 13.0. The molecule has 2 amide bonds. The Morgan fingerprint density at radius 2 is 1.82 bits per heavy atom. The van der Waals surface area contributed by atoms with E-state index in [1.165, 1.54) is 0 Å². The number of benzene rings is 3. The number of nitrogens with one attached hydrogen (secondary N) is 2. The highest BCUT2D eigenvalue weighted by Crippen LogP contribution is 2.21. The predicted octanol–water partition coefficient (Wildman–Crippen LogP) is 4.45. The molecular formula is C27H26N4O3. The number of fused-ring (bicyclic) bond motifs is 1. The zero-order valence-corrected chi connectivity index (χ0v) is 19.0. The third-order valence-electron chi connectivity index (χ3n) is 5.75. The molecule has 0 radical (unpaired) electrons. The van der Waals surface area contributed by atoms with Crippen molar-refractivity contribution in [1.29, 1.82) is 0 Å². The van der Waals surface area contributed by atoms with Gasteiger partial charge in [0.2, 0.25) is 5.91 Å². The molecule has 0 atom stereocenters. The van der Waals surface area contributed by atoms with Crippen LogP contribution in [-0.2, 0) is 17.9 Å². The molecule has 4 aromatic rings. The molecule has 34 heavy (non-hydrogen) atoms. The van der Waals surface area contributed by atoms with E-state index in [1.807, 2.05) is 60.0 Å². The lowest BCUT2D eigenvalue weighted by atomic mass is 10.2. The third-order valence-corrected chi connectivity index (χ3v) is 5.75. The van der Waals surface area contributed by atoms with Crippen LogP contribution in [0, 0.1) is 6.92 Å². The maximum Gasteiger partial charge on any atom is 0.251 e. The van der Waals surface area contributed by atoms with Crippen LogP contribution in [0.25, 0.3) is 11.0 Å². The van der Waals surface area contributed by atoms with Crippen molar-refractivity contribution in [2.24, 2.45) is 0 Å². The van der Waals surface area contributed by atoms with Gasteiger partial charge in [-0.3, -0.25) is 9.59 Å². The van der Waals surface area contributed by atoms with Crippen molar-refractivity contribution in [2.45, 2.75) is 39.0 Å². The fourth-order valence-electron chi connectivity index (χ4n) is 3.77. The molecule has 0 spiro atoms. The van der Waals surface area contributed by atoms with Crippen LogP contribution in [-0.4, -0.2) is 27.4 Å². The summed E-state index contributed by atoms with van der Waals surface area (Å²) in [5, 5.41) is 5.88. The van der Waals surface area contributed by atoms with Crippen LogP contribution >= 0.6 is 0 Å². The van der Waals surface area contributed by atoms with E-state index in [1.54, 1.807) is 24.3 Å². The molecule has 7 nitrogen and oxygen atoms in total. The first-order valence-corrected chi connectivity index (χ1v) is 11.4. The van der Waals surface area contributed by atoms with Gasteiger partial charge in [0.05, 0.1) is 11.0 Å². The van der Waals surface area contributed by atoms with E-state index in [4.69, 9.17) is 4.74 Å². The van der Waals surface area contributed by atoms with Gasteiger partial charge in [0.25, 0.3) is 5.91 Å². The number of aromatic nitrogens is 2. The smallest absolute Gasteiger partial charge is 0.251 e. The van der Waals surface area contributed by atoms with Gasteiger partial charge in [-0.2, -0.15) is 0 Å². The highest BCUT2D eigenvalue weighted by molar-refractivity contribution is 5.97. The summed E-state index contributed by atoms with van der Waals surface area (Å²) in [6.45, 7) is 2.34. The number of nitrogens with zero attached hydrogens (tertiary/aromatic N) is 2. The first-order valence-electron chi connectivity index (χ1n) is 11.4. The molecule has 7 heteroatoms. The zero-order chi connectivity index (χ0) is 23.5. The molecule has 0 aliphatic heterocycles. The zero-order valence-electron chi connectivity index (χ0n) is 19.0. The number of imidazole rings is 1. The van der Waals surface area contributed by atoms with Gasteiger partial charge in [-0.1, -0.05) is 35.9 Å². The summed E-state index contributed by atoms with van der Waals surface area (Å²) in [5.41, 5.74) is 3.93. The van der Waals surface area contributed by atoms with Crippen molar-refractivity contribution in [2.75, 3.05) is 5.32 Å². The molecule has 1 saturated carbocycles. The molecule has 3 aromatic carbocycles. The van der Waals surface area contributed by atoms with E-state index >= 15 is 0 Å². The normalized spacial score (nSPS) is 13.0. The molecule has 172 valence electrons. The number of carbonyl (C=O) groups excluding carboxylic acids is 2. The molecule has 1 aromatic heterocycles. The van der Waals surface area contributed by atoms with E-state index in [0.29, 0.717) is 17.1 Å². The molecule has 1 aliphatic carbocycles. The summed E-state index contributed by atoms with van der Waals surface area (Å²) in [6.07, 6.45) is 2.05. The minimum atomic E-state index is -0.209. The lowest BCUT2D eigenvalue weighted by Gasteiger charge is -2.12. The van der Waals surface area contributed by atoms with Gasteiger partial charge < -0.3 is 19.9 Å². The summed E-state index contributed by atoms with van der Waals surface area (Å²) in [7, 11) is 0. The number of carbonyl (C=O) groups is 2. The summed E-state index contributed by atoms with van der Waals surface area (Å²) in [4.78, 5) is 30.0. The second-order valence-corrected chi connectivity index (χ2v) is 8.58. The van der Waals surface area contributed by atoms with Gasteiger partial charge in [0.15, 0.2) is 0 Å². The van der Waals surface area contributed by atoms with Gasteiger partial charge in [-0.05, 0) is 62.2 Å². The molecule has 1 fully saturated rings. The lowest BCUT2D eigenvalue weighted by Crippen LogP contribution is -2.25. The largest absolute Gasteiger partial charge is 0.486 e. The lowest BCUT2D eigenvalue weighted by molar-refractivity contribution is -0.116. The summed E-state index contributed by atoms with van der Waals surface area (Å²) in [6, 6.07) is 22.8. The van der Waals surface area contributed by atoms with Crippen LogP contribution in [0.15, 0.2) is 72.8 Å². The van der Waals surface area contributed by atoms with Gasteiger partial charge >= 0.3 is 0 Å². The van der Waals surface area contributed by atoms with Gasteiger partial charge in [-0.25, -0.2) is 4.98 Å². The Morgan fingerprint density at radius 1 is 1.03 bits per heavy atom. The van der Waals surface area contributed by atoms with Crippen LogP contribution in [0.4, 0.5) is 5.69 Å². The Hall–Kier alpha value is -4.13. The Balaban J connectivity index is 1.31. The Labute approximate surface area is 197 Å². The van der Waals surface area contributed by atoms with E-state index in [0.717, 1.165) is 35.2 Å². The molecule has 1 aliphatic rings. The molecule has 0 bridgehead atoms. The summed E-state index contributed by atoms with van der Waals surface area (Å²) >= 11 is 0. The molecule has 0 unspecified atom stereocenters. The third kappa shape index (κ3) is 5.09. The second-order valence-electron chi connectivity index (χ2n) is 8.58. The molecular weight excluding hydrogens is 428 g/mol. The number of para-hydroxylation sites is 2. The first-order chi connectivity index (χ1) is 16.5. The van der Waals surface area contributed by atoms with Crippen LogP contribution in [0.5, 0.6) is 5.75 Å². The number of amides is 2. The molecule has 5 rings (SSSR count). The van der Waals surface area contributed by atoms with Crippen molar-refractivity contribution in [3.63, 3.8) is 0 Å². The molecule has 0 saturated heterocycles. The minimum Gasteiger partial charge on any atom is -0.486 e. The van der Waals surface area contributed by atoms with Crippen LogP contribution in [0.2, 0.25) is 0 Å². The Bertz CT molecular complexity index is 1340. The average molecular weight is 455 g/mol. The first kappa shape index (κ1) is 21.7. The fourth-order valence-corrected chi connectivity index (χ4v) is 3.77. The molecule has 2 N–H and O–H groups in total. The van der Waals surface area contributed by atoms with Crippen molar-refractivity contribution < 1.29 is 14.3 Å². The number of hydrogen-bond donors (Lipinski definition) is 2. The fraction of sp³-hybridized carbons (Fsp3) is 0.222. The van der Waals surface area contributed by atoms with Crippen LogP contribution in [0.1, 0.15) is 34.6 Å². The number of rotatable bonds is 8. The van der Waals surface area contributed by atoms with Gasteiger partial charge in [0, 0.05) is 17.3 Å². The SMILES string of the molecule is Cc1ccc(OCc2nc3ccccc3n2CC(=O)Nc2cccc(C(=O)NC3CC3)c2)cc1. The Kier molecular flexibility index (Phi) is 5.99. The van der Waals surface area contributed by atoms with Crippen molar-refractivity contribution in [1.82, 2.24) is 14.9 Å². The second kappa shape index (κ2) is 9.39. The highest BCUT2D eigenvalue weighted by atomic mass is 16.5. The highest BCUT2D eigenvalue weighted by Gasteiger charge is 2.24. The monoisotopic (exact) mass is 454 g/mol. The summed E-state index contributed by atoms with van der Waals surface area (Å²) < 4.78 is 7.80. The van der Waals surface area contributed by atoms with E-state index < -0.39 is 0 Å². The van der Waals surface area contributed by atoms with Crippen LogP contribution in [0.3, 0.4) is 0 Å². The predicted molar refractivity (Wildman–Crippen MR) is 131 cm³/mol. The van der Waals surface area contributed by atoms with E-state index in [9.17, 15) is 9.59 Å².